The minimum atomic E-state index is -1.05. The molecule has 0 radical (unpaired) electrons. The Kier molecular flexibility index (Phi) is 2.65. The molecule has 0 bridgehead atoms. The zero-order valence-electron chi connectivity index (χ0n) is 13.9. The van der Waals surface area contributed by atoms with Crippen LogP contribution in [0.25, 0.3) is 0 Å². The molecule has 5 heteroatoms. The van der Waals surface area contributed by atoms with Crippen LogP contribution in [0.15, 0.2) is 24.3 Å². The molecule has 4 heterocycles. The number of anilines is 1. The second-order valence-electron chi connectivity index (χ2n) is 7.66. The summed E-state index contributed by atoms with van der Waals surface area (Å²) < 4.78 is 0. The Bertz CT molecular complexity index is 763. The van der Waals surface area contributed by atoms with Crippen LogP contribution in [0, 0.1) is 5.41 Å². The van der Waals surface area contributed by atoms with E-state index in [9.17, 15) is 14.7 Å². The Morgan fingerprint density at radius 2 is 2.04 bits per heavy atom. The lowest BCUT2D eigenvalue weighted by Crippen LogP contribution is -2.73. The van der Waals surface area contributed by atoms with Crippen molar-refractivity contribution in [1.82, 2.24) is 4.90 Å². The van der Waals surface area contributed by atoms with Crippen molar-refractivity contribution < 1.29 is 14.7 Å². The van der Waals surface area contributed by atoms with Crippen molar-refractivity contribution >= 4 is 17.5 Å². The molecule has 4 aliphatic rings. The first-order chi connectivity index (χ1) is 11.6. The summed E-state index contributed by atoms with van der Waals surface area (Å²) in [6, 6.07) is 7.83. The number of aliphatic hydroxyl groups is 1. The molecular formula is C19H22N2O3. The number of amides is 2. The Morgan fingerprint density at radius 1 is 1.25 bits per heavy atom. The smallest absolute Gasteiger partial charge is 0.254 e. The topological polar surface area (TPSA) is 60.9 Å². The summed E-state index contributed by atoms with van der Waals surface area (Å²) in [5.74, 6) is -0.444. The fraction of sp³-hybridized carbons (Fsp3) is 0.579. The summed E-state index contributed by atoms with van der Waals surface area (Å²) >= 11 is 0. The quantitative estimate of drug-likeness (QED) is 0.859. The van der Waals surface area contributed by atoms with Gasteiger partial charge in [-0.3, -0.25) is 14.5 Å². The van der Waals surface area contributed by atoms with E-state index in [0.29, 0.717) is 13.0 Å². The minimum Gasteiger partial charge on any atom is -0.382 e. The van der Waals surface area contributed by atoms with E-state index >= 15 is 0 Å². The average molecular weight is 326 g/mol. The Morgan fingerprint density at radius 3 is 2.83 bits per heavy atom. The van der Waals surface area contributed by atoms with E-state index < -0.39 is 11.8 Å². The van der Waals surface area contributed by atoms with Gasteiger partial charge in [0.15, 0.2) is 0 Å². The number of aliphatic hydroxyl groups excluding tert-OH is 1. The lowest BCUT2D eigenvalue weighted by atomic mass is 9.58. The highest BCUT2D eigenvalue weighted by Crippen LogP contribution is 2.68. The number of benzene rings is 1. The number of fused-ring (bicyclic) bond motifs is 3. The highest BCUT2D eigenvalue weighted by atomic mass is 16.3. The molecule has 5 rings (SSSR count). The van der Waals surface area contributed by atoms with Crippen molar-refractivity contribution in [3.05, 3.63) is 29.8 Å². The summed E-state index contributed by atoms with van der Waals surface area (Å²) in [5, 5.41) is 10.9. The number of para-hydroxylation sites is 1. The molecule has 0 saturated carbocycles. The largest absolute Gasteiger partial charge is 0.382 e. The molecule has 1 N–H and O–H groups in total. The molecule has 126 valence electrons. The van der Waals surface area contributed by atoms with Crippen molar-refractivity contribution in [2.75, 3.05) is 11.4 Å². The molecule has 2 amide bonds. The van der Waals surface area contributed by atoms with Crippen molar-refractivity contribution in [2.45, 2.75) is 56.7 Å². The van der Waals surface area contributed by atoms with Gasteiger partial charge in [-0.25, -0.2) is 0 Å². The van der Waals surface area contributed by atoms with Crippen LogP contribution in [0.1, 0.15) is 50.5 Å². The molecule has 3 saturated heterocycles. The van der Waals surface area contributed by atoms with Gasteiger partial charge in [0.05, 0.1) is 5.92 Å². The fourth-order valence-electron chi connectivity index (χ4n) is 6.24. The van der Waals surface area contributed by atoms with Gasteiger partial charge in [0.1, 0.15) is 11.8 Å². The van der Waals surface area contributed by atoms with Gasteiger partial charge >= 0.3 is 0 Å². The molecule has 3 fully saturated rings. The zero-order valence-corrected chi connectivity index (χ0v) is 13.9. The van der Waals surface area contributed by atoms with Gasteiger partial charge in [-0.1, -0.05) is 25.1 Å². The van der Waals surface area contributed by atoms with Crippen molar-refractivity contribution in [2.24, 2.45) is 5.41 Å². The molecule has 0 aliphatic carbocycles. The first-order valence-corrected chi connectivity index (χ1v) is 9.00. The number of hydrogen-bond donors (Lipinski definition) is 1. The molecule has 4 aliphatic heterocycles. The third-order valence-corrected chi connectivity index (χ3v) is 7.09. The van der Waals surface area contributed by atoms with E-state index in [1.54, 1.807) is 0 Å². The monoisotopic (exact) mass is 326 g/mol. The molecule has 5 nitrogen and oxygen atoms in total. The van der Waals surface area contributed by atoms with Gasteiger partial charge in [0.2, 0.25) is 5.91 Å². The average Bonchev–Trinajstić information content (AvgIpc) is 3.03. The zero-order chi connectivity index (χ0) is 16.7. The second kappa shape index (κ2) is 4.39. The SMILES string of the molecule is CC[C@@]12CCCN3C(=O)[C@H](O)C4c5ccccc5N(C(=O)CC1)C432. The van der Waals surface area contributed by atoms with Crippen LogP contribution in [0.3, 0.4) is 0 Å². The maximum absolute atomic E-state index is 13.0. The van der Waals surface area contributed by atoms with E-state index in [2.05, 4.69) is 6.92 Å². The second-order valence-corrected chi connectivity index (χ2v) is 7.66. The number of rotatable bonds is 1. The maximum Gasteiger partial charge on any atom is 0.254 e. The number of piperidine rings is 2. The van der Waals surface area contributed by atoms with Gasteiger partial charge in [0.25, 0.3) is 5.91 Å². The van der Waals surface area contributed by atoms with Crippen LogP contribution in [0.2, 0.25) is 0 Å². The van der Waals surface area contributed by atoms with Crippen molar-refractivity contribution in [1.29, 1.82) is 0 Å². The third-order valence-electron chi connectivity index (χ3n) is 7.09. The number of nitrogens with zero attached hydrogens (tertiary/aromatic N) is 2. The number of carbonyl (C=O) groups excluding carboxylic acids is 2. The Labute approximate surface area is 141 Å². The summed E-state index contributed by atoms with van der Waals surface area (Å²) in [7, 11) is 0. The summed E-state index contributed by atoms with van der Waals surface area (Å²) in [5.41, 5.74) is 1.02. The standard InChI is InChI=1S/C19H22N2O3/c1-2-18-9-5-11-20-17(24)16(23)15-12-6-3-4-7-13(12)21(19(15,18)20)14(22)8-10-18/h3-4,6-7,15-16,23H,2,5,8-11H2,1H3/t15?,16-,18-,19?/m1/s1. The van der Waals surface area contributed by atoms with Crippen LogP contribution < -0.4 is 4.90 Å². The van der Waals surface area contributed by atoms with Gasteiger partial charge in [-0.15, -0.1) is 0 Å². The van der Waals surface area contributed by atoms with Crippen LogP contribution in [0.5, 0.6) is 0 Å². The van der Waals surface area contributed by atoms with Gasteiger partial charge < -0.3 is 10.0 Å². The Hall–Kier alpha value is -1.88. The molecule has 1 aromatic rings. The summed E-state index contributed by atoms with van der Waals surface area (Å²) in [6.07, 6.45) is 3.14. The predicted molar refractivity (Wildman–Crippen MR) is 88.3 cm³/mol. The molecule has 1 aromatic carbocycles. The normalized spacial score (nSPS) is 39.8. The predicted octanol–water partition coefficient (Wildman–Crippen LogP) is 2.00. The molecule has 1 spiro atoms. The van der Waals surface area contributed by atoms with Crippen molar-refractivity contribution in [3.63, 3.8) is 0 Å². The maximum atomic E-state index is 13.0. The van der Waals surface area contributed by atoms with Crippen LogP contribution in [0.4, 0.5) is 5.69 Å². The van der Waals surface area contributed by atoms with Crippen LogP contribution in [-0.2, 0) is 9.59 Å². The molecule has 4 atom stereocenters. The van der Waals surface area contributed by atoms with E-state index in [1.807, 2.05) is 34.1 Å². The van der Waals surface area contributed by atoms with Crippen LogP contribution >= 0.6 is 0 Å². The minimum absolute atomic E-state index is 0.0859. The van der Waals surface area contributed by atoms with Gasteiger partial charge in [-0.2, -0.15) is 0 Å². The number of carbonyl (C=O) groups is 2. The first-order valence-electron chi connectivity index (χ1n) is 9.00. The molecule has 2 unspecified atom stereocenters. The van der Waals surface area contributed by atoms with Gasteiger partial charge in [-0.05, 0) is 37.3 Å². The summed E-state index contributed by atoms with van der Waals surface area (Å²) in [6.45, 7) is 2.80. The van der Waals surface area contributed by atoms with Gasteiger partial charge in [0, 0.05) is 24.1 Å². The highest BCUT2D eigenvalue weighted by Gasteiger charge is 2.76. The fourth-order valence-corrected chi connectivity index (χ4v) is 6.24. The number of hydrogen-bond acceptors (Lipinski definition) is 3. The van der Waals surface area contributed by atoms with E-state index in [0.717, 1.165) is 36.9 Å². The van der Waals surface area contributed by atoms with Crippen molar-refractivity contribution in [3.8, 4) is 0 Å². The van der Waals surface area contributed by atoms with Crippen LogP contribution in [-0.4, -0.2) is 40.1 Å². The molecule has 0 aromatic heterocycles. The third kappa shape index (κ3) is 1.27. The molecular weight excluding hydrogens is 304 g/mol. The lowest BCUT2D eigenvalue weighted by Gasteiger charge is -2.62. The lowest BCUT2D eigenvalue weighted by molar-refractivity contribution is -0.151. The van der Waals surface area contributed by atoms with E-state index in [1.165, 1.54) is 0 Å². The van der Waals surface area contributed by atoms with E-state index in [-0.39, 0.29) is 23.1 Å². The van der Waals surface area contributed by atoms with E-state index in [4.69, 9.17) is 0 Å². The Balaban J connectivity index is 1.87. The molecule has 24 heavy (non-hydrogen) atoms. The first kappa shape index (κ1) is 14.5. The highest BCUT2D eigenvalue weighted by molar-refractivity contribution is 6.03. The summed E-state index contributed by atoms with van der Waals surface area (Å²) in [4.78, 5) is 29.6.